The first kappa shape index (κ1) is 19.7. The second-order valence-corrected chi connectivity index (χ2v) is 6.08. The molecule has 0 spiro atoms. The summed E-state index contributed by atoms with van der Waals surface area (Å²) in [5.74, 6) is 0.256. The number of nitrogens with zero attached hydrogens (tertiary/aromatic N) is 4. The van der Waals surface area contributed by atoms with Crippen molar-refractivity contribution < 1.29 is 9.59 Å². The average molecular weight is 391 g/mol. The SMILES string of the molecule is CC=CC(=O)Nc1cccc(-c2cc(Nc3cnn(CC(=O)NC)c3)ncn2)c1. The number of likely N-dealkylation sites (N-methyl/N-ethyl adjacent to an activating group) is 1. The number of amides is 2. The third kappa shape index (κ3) is 5.48. The molecule has 148 valence electrons. The van der Waals surface area contributed by atoms with E-state index in [9.17, 15) is 9.59 Å². The highest BCUT2D eigenvalue weighted by atomic mass is 16.2. The van der Waals surface area contributed by atoms with Gasteiger partial charge in [-0.3, -0.25) is 14.3 Å². The Morgan fingerprint density at radius 3 is 2.83 bits per heavy atom. The first-order chi connectivity index (χ1) is 14.1. The van der Waals surface area contributed by atoms with Gasteiger partial charge in [-0.15, -0.1) is 0 Å². The maximum atomic E-state index is 11.7. The van der Waals surface area contributed by atoms with Crippen LogP contribution in [0.15, 0.2) is 61.2 Å². The average Bonchev–Trinajstić information content (AvgIpc) is 3.15. The molecule has 3 rings (SSSR count). The van der Waals surface area contributed by atoms with Crippen LogP contribution in [0.4, 0.5) is 17.2 Å². The molecular weight excluding hydrogens is 370 g/mol. The molecule has 3 aromatic rings. The molecule has 29 heavy (non-hydrogen) atoms. The topological polar surface area (TPSA) is 114 Å². The van der Waals surface area contributed by atoms with Crippen LogP contribution >= 0.6 is 0 Å². The highest BCUT2D eigenvalue weighted by Gasteiger charge is 2.07. The van der Waals surface area contributed by atoms with Crippen LogP contribution in [-0.4, -0.2) is 38.6 Å². The van der Waals surface area contributed by atoms with Crippen LogP contribution in [0, 0.1) is 0 Å². The summed E-state index contributed by atoms with van der Waals surface area (Å²) in [7, 11) is 1.58. The van der Waals surface area contributed by atoms with E-state index in [2.05, 4.69) is 31.0 Å². The van der Waals surface area contributed by atoms with Gasteiger partial charge in [0.2, 0.25) is 11.8 Å². The molecule has 0 saturated heterocycles. The van der Waals surface area contributed by atoms with Crippen LogP contribution < -0.4 is 16.0 Å². The van der Waals surface area contributed by atoms with Crippen molar-refractivity contribution in [1.82, 2.24) is 25.1 Å². The maximum absolute atomic E-state index is 11.7. The summed E-state index contributed by atoms with van der Waals surface area (Å²) in [5, 5.41) is 12.6. The number of nitrogens with one attached hydrogen (secondary N) is 3. The Hall–Kier alpha value is -4.01. The van der Waals surface area contributed by atoms with Gasteiger partial charge < -0.3 is 16.0 Å². The Kier molecular flexibility index (Phi) is 6.31. The fourth-order valence-corrected chi connectivity index (χ4v) is 2.56. The summed E-state index contributed by atoms with van der Waals surface area (Å²) in [6, 6.07) is 9.20. The lowest BCUT2D eigenvalue weighted by atomic mass is 10.1. The van der Waals surface area contributed by atoms with Gasteiger partial charge in [0.05, 0.1) is 17.6 Å². The standard InChI is InChI=1S/C20H21N7O2/c1-3-5-19(28)26-15-7-4-6-14(8-15)17-9-18(23-13-22-17)25-16-10-24-27(11-16)12-20(29)21-2/h3-11,13H,12H2,1-2H3,(H,21,29)(H,26,28)(H,22,23,25). The molecule has 9 nitrogen and oxygen atoms in total. The van der Waals surface area contributed by atoms with Crippen molar-refractivity contribution in [1.29, 1.82) is 0 Å². The first-order valence-corrected chi connectivity index (χ1v) is 8.93. The number of carbonyl (C=O) groups excluding carboxylic acids is 2. The van der Waals surface area contributed by atoms with Crippen molar-refractivity contribution in [2.45, 2.75) is 13.5 Å². The fraction of sp³-hybridized carbons (Fsp3) is 0.150. The molecule has 0 aliphatic heterocycles. The van der Waals surface area contributed by atoms with Gasteiger partial charge in [0.25, 0.3) is 0 Å². The number of allylic oxidation sites excluding steroid dienone is 1. The predicted molar refractivity (Wildman–Crippen MR) is 110 cm³/mol. The number of carbonyl (C=O) groups is 2. The number of benzene rings is 1. The summed E-state index contributed by atoms with van der Waals surface area (Å²) in [5.41, 5.74) is 2.91. The van der Waals surface area contributed by atoms with E-state index < -0.39 is 0 Å². The van der Waals surface area contributed by atoms with E-state index in [0.29, 0.717) is 22.9 Å². The fourth-order valence-electron chi connectivity index (χ4n) is 2.56. The molecular formula is C20H21N7O2. The lowest BCUT2D eigenvalue weighted by molar-refractivity contribution is -0.121. The minimum Gasteiger partial charge on any atom is -0.358 e. The second-order valence-electron chi connectivity index (χ2n) is 6.08. The Balaban J connectivity index is 1.74. The van der Waals surface area contributed by atoms with Gasteiger partial charge in [-0.05, 0) is 25.1 Å². The Morgan fingerprint density at radius 2 is 2.03 bits per heavy atom. The van der Waals surface area contributed by atoms with Crippen LogP contribution in [0.5, 0.6) is 0 Å². The maximum Gasteiger partial charge on any atom is 0.248 e. The minimum absolute atomic E-state index is 0.134. The van der Waals surface area contributed by atoms with E-state index in [0.717, 1.165) is 5.56 Å². The molecule has 9 heteroatoms. The zero-order valence-corrected chi connectivity index (χ0v) is 16.1. The molecule has 2 aromatic heterocycles. The molecule has 2 amide bonds. The van der Waals surface area contributed by atoms with Crippen molar-refractivity contribution in [2.75, 3.05) is 17.7 Å². The van der Waals surface area contributed by atoms with Gasteiger partial charge in [-0.25, -0.2) is 9.97 Å². The normalized spacial score (nSPS) is 10.7. The van der Waals surface area contributed by atoms with E-state index in [4.69, 9.17) is 0 Å². The van der Waals surface area contributed by atoms with Crippen LogP contribution in [0.25, 0.3) is 11.3 Å². The Labute approximate surface area is 167 Å². The smallest absolute Gasteiger partial charge is 0.248 e. The number of hydrogen-bond acceptors (Lipinski definition) is 6. The highest BCUT2D eigenvalue weighted by molar-refractivity contribution is 5.99. The zero-order valence-electron chi connectivity index (χ0n) is 16.1. The van der Waals surface area contributed by atoms with Gasteiger partial charge >= 0.3 is 0 Å². The Bertz CT molecular complexity index is 1040. The largest absolute Gasteiger partial charge is 0.358 e. The molecule has 0 fully saturated rings. The summed E-state index contributed by atoms with van der Waals surface area (Å²) in [4.78, 5) is 31.7. The minimum atomic E-state index is -0.191. The monoisotopic (exact) mass is 391 g/mol. The van der Waals surface area contributed by atoms with Crippen molar-refractivity contribution in [3.63, 3.8) is 0 Å². The van der Waals surface area contributed by atoms with Crippen LogP contribution in [0.3, 0.4) is 0 Å². The molecule has 3 N–H and O–H groups in total. The highest BCUT2D eigenvalue weighted by Crippen LogP contribution is 2.23. The van der Waals surface area contributed by atoms with E-state index in [1.807, 2.05) is 24.3 Å². The van der Waals surface area contributed by atoms with Crippen molar-refractivity contribution in [3.05, 3.63) is 61.2 Å². The number of hydrogen-bond donors (Lipinski definition) is 3. The van der Waals surface area contributed by atoms with Gasteiger partial charge in [0, 0.05) is 30.6 Å². The summed E-state index contributed by atoms with van der Waals surface area (Å²) >= 11 is 0. The lowest BCUT2D eigenvalue weighted by Crippen LogP contribution is -2.23. The van der Waals surface area contributed by atoms with Gasteiger partial charge in [0.1, 0.15) is 18.7 Å². The van der Waals surface area contributed by atoms with Crippen LogP contribution in [0.1, 0.15) is 6.92 Å². The van der Waals surface area contributed by atoms with Crippen LogP contribution in [-0.2, 0) is 16.1 Å². The molecule has 1 aromatic carbocycles. The van der Waals surface area contributed by atoms with E-state index >= 15 is 0 Å². The van der Waals surface area contributed by atoms with E-state index in [1.54, 1.807) is 38.5 Å². The van der Waals surface area contributed by atoms with E-state index in [-0.39, 0.29) is 18.4 Å². The van der Waals surface area contributed by atoms with Crippen LogP contribution in [0.2, 0.25) is 0 Å². The van der Waals surface area contributed by atoms with Gasteiger partial charge in [-0.1, -0.05) is 18.2 Å². The van der Waals surface area contributed by atoms with E-state index in [1.165, 1.54) is 17.1 Å². The summed E-state index contributed by atoms with van der Waals surface area (Å²) in [6.45, 7) is 1.92. The van der Waals surface area contributed by atoms with Gasteiger partial charge in [0.15, 0.2) is 0 Å². The van der Waals surface area contributed by atoms with Crippen molar-refractivity contribution in [2.24, 2.45) is 0 Å². The molecule has 0 bridgehead atoms. The quantitative estimate of drug-likeness (QED) is 0.533. The number of rotatable bonds is 7. The van der Waals surface area contributed by atoms with Crippen molar-refractivity contribution >= 4 is 29.0 Å². The Morgan fingerprint density at radius 1 is 1.17 bits per heavy atom. The summed E-state index contributed by atoms with van der Waals surface area (Å²) < 4.78 is 1.53. The lowest BCUT2D eigenvalue weighted by Gasteiger charge is -2.07. The first-order valence-electron chi connectivity index (χ1n) is 8.93. The predicted octanol–water partition coefficient (Wildman–Crippen LogP) is 2.34. The van der Waals surface area contributed by atoms with Crippen molar-refractivity contribution in [3.8, 4) is 11.3 Å². The molecule has 0 atom stereocenters. The molecule has 0 aliphatic carbocycles. The molecule has 0 saturated carbocycles. The van der Waals surface area contributed by atoms with Gasteiger partial charge in [-0.2, -0.15) is 5.10 Å². The summed E-state index contributed by atoms with van der Waals surface area (Å²) in [6.07, 6.45) is 7.93. The number of aromatic nitrogens is 4. The molecule has 0 radical (unpaired) electrons. The second kappa shape index (κ2) is 9.27. The molecule has 0 unspecified atom stereocenters. The number of anilines is 3. The zero-order chi connectivity index (χ0) is 20.6. The molecule has 0 aliphatic rings. The third-order valence-corrected chi connectivity index (χ3v) is 3.90. The molecule has 2 heterocycles. The third-order valence-electron chi connectivity index (χ3n) is 3.90.